The van der Waals surface area contributed by atoms with E-state index in [1.165, 1.54) is 5.56 Å². The quantitative estimate of drug-likeness (QED) is 0.794. The first-order valence-corrected chi connectivity index (χ1v) is 7.85. The molecule has 0 aliphatic rings. The maximum atomic E-state index is 11.8. The highest BCUT2D eigenvalue weighted by atomic mass is 35.5. The lowest BCUT2D eigenvalue weighted by atomic mass is 10.1. The van der Waals surface area contributed by atoms with Gasteiger partial charge in [0.25, 0.3) is 0 Å². The molecule has 0 saturated heterocycles. The predicted molar refractivity (Wildman–Crippen MR) is 94.6 cm³/mol. The number of hydrogen-bond acceptors (Lipinski definition) is 2. The van der Waals surface area contributed by atoms with Crippen molar-refractivity contribution in [2.75, 3.05) is 18.5 Å². The number of amides is 2. The fourth-order valence-electron chi connectivity index (χ4n) is 2.44. The summed E-state index contributed by atoms with van der Waals surface area (Å²) in [6.45, 7) is 6.91. The Balaban J connectivity index is 1.80. The molecule has 122 valence electrons. The lowest BCUT2D eigenvalue weighted by Crippen LogP contribution is -2.32. The summed E-state index contributed by atoms with van der Waals surface area (Å²) in [4.78, 5) is 11.8. The third kappa shape index (κ3) is 4.89. The molecule has 0 aromatic heterocycles. The SMILES string of the molecule is Cc1cc(C)c(OCCNC(=O)Nc2ccccc2Cl)c(C)c1. The molecule has 0 atom stereocenters. The second kappa shape index (κ2) is 7.88. The maximum absolute atomic E-state index is 11.8. The average molecular weight is 333 g/mol. The Bertz CT molecular complexity index is 678. The van der Waals surface area contributed by atoms with Crippen LogP contribution in [0.25, 0.3) is 0 Å². The molecule has 0 heterocycles. The molecule has 0 saturated carbocycles. The van der Waals surface area contributed by atoms with Gasteiger partial charge in [-0.1, -0.05) is 41.4 Å². The van der Waals surface area contributed by atoms with Crippen molar-refractivity contribution in [2.45, 2.75) is 20.8 Å². The van der Waals surface area contributed by atoms with E-state index in [9.17, 15) is 4.79 Å². The molecule has 2 aromatic rings. The van der Waals surface area contributed by atoms with Gasteiger partial charge in [-0.15, -0.1) is 0 Å². The van der Waals surface area contributed by atoms with E-state index in [1.807, 2.05) is 26.0 Å². The Morgan fingerprint density at radius 3 is 2.43 bits per heavy atom. The van der Waals surface area contributed by atoms with Gasteiger partial charge >= 0.3 is 6.03 Å². The number of aryl methyl sites for hydroxylation is 3. The Morgan fingerprint density at radius 1 is 1.13 bits per heavy atom. The Kier molecular flexibility index (Phi) is 5.88. The van der Waals surface area contributed by atoms with E-state index in [1.54, 1.807) is 12.1 Å². The fourth-order valence-corrected chi connectivity index (χ4v) is 2.62. The molecule has 4 nitrogen and oxygen atoms in total. The van der Waals surface area contributed by atoms with E-state index in [-0.39, 0.29) is 6.03 Å². The molecule has 0 fully saturated rings. The zero-order chi connectivity index (χ0) is 16.8. The van der Waals surface area contributed by atoms with Crippen LogP contribution in [0.3, 0.4) is 0 Å². The largest absolute Gasteiger partial charge is 0.491 e. The van der Waals surface area contributed by atoms with Crippen LogP contribution < -0.4 is 15.4 Å². The summed E-state index contributed by atoms with van der Waals surface area (Å²) in [6, 6.07) is 11.0. The van der Waals surface area contributed by atoms with Gasteiger partial charge in [0.05, 0.1) is 17.3 Å². The molecule has 0 spiro atoms. The highest BCUT2D eigenvalue weighted by Crippen LogP contribution is 2.24. The van der Waals surface area contributed by atoms with Crippen LogP contribution in [0, 0.1) is 20.8 Å². The third-order valence-corrected chi connectivity index (χ3v) is 3.69. The molecule has 0 unspecified atom stereocenters. The molecule has 0 aliphatic heterocycles. The van der Waals surface area contributed by atoms with Gasteiger partial charge in [0.2, 0.25) is 0 Å². The van der Waals surface area contributed by atoms with E-state index >= 15 is 0 Å². The molecule has 2 N–H and O–H groups in total. The first-order valence-electron chi connectivity index (χ1n) is 7.47. The van der Waals surface area contributed by atoms with Crippen molar-refractivity contribution in [1.82, 2.24) is 5.32 Å². The summed E-state index contributed by atoms with van der Waals surface area (Å²) < 4.78 is 5.78. The van der Waals surface area contributed by atoms with Crippen LogP contribution in [0.5, 0.6) is 5.75 Å². The number of anilines is 1. The van der Waals surface area contributed by atoms with Crippen LogP contribution in [0.1, 0.15) is 16.7 Å². The second-order valence-corrected chi connectivity index (χ2v) is 5.84. The fraction of sp³-hybridized carbons (Fsp3) is 0.278. The number of rotatable bonds is 5. The molecule has 0 aliphatic carbocycles. The van der Waals surface area contributed by atoms with Crippen molar-refractivity contribution >= 4 is 23.3 Å². The number of ether oxygens (including phenoxy) is 1. The summed E-state index contributed by atoms with van der Waals surface area (Å²) in [5.74, 6) is 0.879. The number of hydrogen-bond donors (Lipinski definition) is 2. The number of carbonyl (C=O) groups excluding carboxylic acids is 1. The standard InChI is InChI=1S/C18H21ClN2O2/c1-12-10-13(2)17(14(3)11-12)23-9-8-20-18(22)21-16-7-5-4-6-15(16)19/h4-7,10-11H,8-9H2,1-3H3,(H2,20,21,22). The summed E-state index contributed by atoms with van der Waals surface area (Å²) >= 11 is 5.99. The lowest BCUT2D eigenvalue weighted by molar-refractivity contribution is 0.247. The van der Waals surface area contributed by atoms with Gasteiger partial charge in [-0.25, -0.2) is 4.79 Å². The van der Waals surface area contributed by atoms with Gasteiger partial charge in [-0.05, 0) is 44.0 Å². The molecular formula is C18H21ClN2O2. The van der Waals surface area contributed by atoms with Gasteiger partial charge in [0.15, 0.2) is 0 Å². The number of carbonyl (C=O) groups is 1. The Labute approximate surface area is 141 Å². The highest BCUT2D eigenvalue weighted by Gasteiger charge is 2.06. The topological polar surface area (TPSA) is 50.4 Å². The van der Waals surface area contributed by atoms with Crippen molar-refractivity contribution in [3.8, 4) is 5.75 Å². The van der Waals surface area contributed by atoms with Crippen LogP contribution in [0.15, 0.2) is 36.4 Å². The number of halogens is 1. The maximum Gasteiger partial charge on any atom is 0.319 e. The molecule has 0 bridgehead atoms. The van der Waals surface area contributed by atoms with E-state index in [4.69, 9.17) is 16.3 Å². The summed E-state index contributed by atoms with van der Waals surface area (Å²) in [5.41, 5.74) is 3.99. The van der Waals surface area contributed by atoms with E-state index in [0.29, 0.717) is 23.9 Å². The van der Waals surface area contributed by atoms with Gasteiger partial charge in [0.1, 0.15) is 12.4 Å². The number of benzene rings is 2. The predicted octanol–water partition coefficient (Wildman–Crippen LogP) is 4.47. The number of nitrogens with one attached hydrogen (secondary N) is 2. The first kappa shape index (κ1) is 17.2. The van der Waals surface area contributed by atoms with Gasteiger partial charge in [-0.2, -0.15) is 0 Å². The van der Waals surface area contributed by atoms with Crippen LogP contribution in [-0.4, -0.2) is 19.2 Å². The summed E-state index contributed by atoms with van der Waals surface area (Å²) in [7, 11) is 0. The molecule has 5 heteroatoms. The van der Waals surface area contributed by atoms with Gasteiger partial charge < -0.3 is 15.4 Å². The molecule has 2 aromatic carbocycles. The van der Waals surface area contributed by atoms with Gasteiger partial charge in [0, 0.05) is 0 Å². The van der Waals surface area contributed by atoms with Crippen LogP contribution in [0.2, 0.25) is 5.02 Å². The third-order valence-electron chi connectivity index (χ3n) is 3.36. The minimum Gasteiger partial charge on any atom is -0.491 e. The van der Waals surface area contributed by atoms with Crippen molar-refractivity contribution in [2.24, 2.45) is 0 Å². The van der Waals surface area contributed by atoms with Crippen LogP contribution in [-0.2, 0) is 0 Å². The average Bonchev–Trinajstić information content (AvgIpc) is 2.48. The molecule has 2 amide bonds. The minimum atomic E-state index is -0.306. The smallest absolute Gasteiger partial charge is 0.319 e. The lowest BCUT2D eigenvalue weighted by Gasteiger charge is -2.14. The van der Waals surface area contributed by atoms with Gasteiger partial charge in [-0.3, -0.25) is 0 Å². The molecular weight excluding hydrogens is 312 g/mol. The zero-order valence-electron chi connectivity index (χ0n) is 13.6. The van der Waals surface area contributed by atoms with Crippen molar-refractivity contribution in [3.05, 3.63) is 58.1 Å². The van der Waals surface area contributed by atoms with Crippen molar-refractivity contribution < 1.29 is 9.53 Å². The van der Waals surface area contributed by atoms with E-state index < -0.39 is 0 Å². The normalized spacial score (nSPS) is 10.3. The van der Waals surface area contributed by atoms with E-state index in [0.717, 1.165) is 16.9 Å². The zero-order valence-corrected chi connectivity index (χ0v) is 14.3. The number of para-hydroxylation sites is 1. The Hall–Kier alpha value is -2.20. The Morgan fingerprint density at radius 2 is 1.78 bits per heavy atom. The molecule has 2 rings (SSSR count). The van der Waals surface area contributed by atoms with Crippen LogP contribution >= 0.6 is 11.6 Å². The number of urea groups is 1. The van der Waals surface area contributed by atoms with Crippen molar-refractivity contribution in [1.29, 1.82) is 0 Å². The van der Waals surface area contributed by atoms with E-state index in [2.05, 4.69) is 29.7 Å². The minimum absolute atomic E-state index is 0.306. The molecule has 0 radical (unpaired) electrons. The first-order chi connectivity index (χ1) is 11.0. The second-order valence-electron chi connectivity index (χ2n) is 5.44. The molecule has 23 heavy (non-hydrogen) atoms. The monoisotopic (exact) mass is 332 g/mol. The van der Waals surface area contributed by atoms with Crippen molar-refractivity contribution in [3.63, 3.8) is 0 Å². The summed E-state index contributed by atoms with van der Waals surface area (Å²) in [5, 5.41) is 5.95. The summed E-state index contributed by atoms with van der Waals surface area (Å²) in [6.07, 6.45) is 0. The van der Waals surface area contributed by atoms with Crippen LogP contribution in [0.4, 0.5) is 10.5 Å². The highest BCUT2D eigenvalue weighted by molar-refractivity contribution is 6.33.